The lowest BCUT2D eigenvalue weighted by Crippen LogP contribution is -2.49. The molecule has 3 nitrogen and oxygen atoms in total. The van der Waals surface area contributed by atoms with Crippen molar-refractivity contribution in [2.75, 3.05) is 38.2 Å². The molecule has 1 fully saturated rings. The Hall–Kier alpha value is 0.230. The number of rotatable bonds is 5. The number of hydrogen-bond donors (Lipinski definition) is 1. The summed E-state index contributed by atoms with van der Waals surface area (Å²) in [6, 6.07) is 0.550. The molecule has 0 aromatic heterocycles. The number of nitrogens with two attached hydrogens (primary N) is 1. The second-order valence-corrected chi connectivity index (χ2v) is 4.83. The first-order valence-corrected chi connectivity index (χ1v) is 6.72. The zero-order chi connectivity index (χ0) is 10.4. The average Bonchev–Trinajstić information content (AvgIpc) is 2.19. The molecule has 2 atom stereocenters. The molecule has 1 rings (SSSR count). The van der Waals surface area contributed by atoms with E-state index in [1.165, 1.54) is 12.2 Å². The maximum Gasteiger partial charge on any atom is 0.0674 e. The fourth-order valence-corrected chi connectivity index (χ4v) is 2.39. The summed E-state index contributed by atoms with van der Waals surface area (Å²) in [4.78, 5) is 2.48. The monoisotopic (exact) mass is 218 g/mol. The van der Waals surface area contributed by atoms with Gasteiger partial charge in [0, 0.05) is 25.7 Å². The molecule has 1 heterocycles. The van der Waals surface area contributed by atoms with Crippen molar-refractivity contribution < 1.29 is 4.74 Å². The lowest BCUT2D eigenvalue weighted by molar-refractivity contribution is -0.0330. The molecule has 2 N–H and O–H groups in total. The number of morpholine rings is 1. The molecule has 0 bridgehead atoms. The van der Waals surface area contributed by atoms with Gasteiger partial charge in [0.15, 0.2) is 0 Å². The van der Waals surface area contributed by atoms with Crippen LogP contribution in [0.3, 0.4) is 0 Å². The predicted molar refractivity (Wildman–Crippen MR) is 62.8 cm³/mol. The Balaban J connectivity index is 2.34. The van der Waals surface area contributed by atoms with E-state index in [2.05, 4.69) is 18.1 Å². The van der Waals surface area contributed by atoms with Gasteiger partial charge in [0.05, 0.1) is 12.7 Å². The molecule has 1 aliphatic rings. The number of ether oxygens (including phenoxy) is 1. The third kappa shape index (κ3) is 3.77. The van der Waals surface area contributed by atoms with Gasteiger partial charge in [-0.05, 0) is 25.4 Å². The third-order valence-electron chi connectivity index (χ3n) is 2.72. The molecule has 1 aliphatic heterocycles. The van der Waals surface area contributed by atoms with E-state index in [0.717, 1.165) is 26.2 Å². The zero-order valence-corrected chi connectivity index (χ0v) is 10.1. The summed E-state index contributed by atoms with van der Waals surface area (Å²) in [5.41, 5.74) is 5.80. The summed E-state index contributed by atoms with van der Waals surface area (Å²) in [5.74, 6) is 1.20. The van der Waals surface area contributed by atoms with Gasteiger partial charge in [0.2, 0.25) is 0 Å². The fraction of sp³-hybridized carbons (Fsp3) is 1.00. The first kappa shape index (κ1) is 12.3. The Labute approximate surface area is 91.4 Å². The van der Waals surface area contributed by atoms with E-state index in [1.54, 1.807) is 0 Å². The van der Waals surface area contributed by atoms with Crippen molar-refractivity contribution in [3.63, 3.8) is 0 Å². The van der Waals surface area contributed by atoms with Gasteiger partial charge >= 0.3 is 0 Å². The van der Waals surface area contributed by atoms with E-state index in [-0.39, 0.29) is 0 Å². The lowest BCUT2D eigenvalue weighted by Gasteiger charge is -2.36. The maximum atomic E-state index is 5.80. The molecule has 0 aromatic rings. The van der Waals surface area contributed by atoms with Crippen molar-refractivity contribution in [1.82, 2.24) is 4.90 Å². The lowest BCUT2D eigenvalue weighted by atomic mass is 10.1. The normalized spacial score (nSPS) is 26.4. The third-order valence-corrected chi connectivity index (χ3v) is 3.36. The second-order valence-electron chi connectivity index (χ2n) is 3.85. The average molecular weight is 218 g/mol. The Morgan fingerprint density at radius 2 is 2.43 bits per heavy atom. The van der Waals surface area contributed by atoms with Gasteiger partial charge in [0.1, 0.15) is 0 Å². The smallest absolute Gasteiger partial charge is 0.0674 e. The van der Waals surface area contributed by atoms with Gasteiger partial charge in [-0.1, -0.05) is 0 Å². The van der Waals surface area contributed by atoms with E-state index in [0.29, 0.717) is 12.1 Å². The maximum absolute atomic E-state index is 5.80. The van der Waals surface area contributed by atoms with Crippen LogP contribution in [0.25, 0.3) is 0 Å². The van der Waals surface area contributed by atoms with Crippen molar-refractivity contribution in [1.29, 1.82) is 0 Å². The Bertz CT molecular complexity index is 157. The van der Waals surface area contributed by atoms with Crippen LogP contribution in [0.2, 0.25) is 0 Å². The summed E-state index contributed by atoms with van der Waals surface area (Å²) < 4.78 is 5.52. The highest BCUT2D eigenvalue weighted by atomic mass is 32.2. The van der Waals surface area contributed by atoms with E-state index >= 15 is 0 Å². The molecule has 0 spiro atoms. The van der Waals surface area contributed by atoms with Crippen LogP contribution in [0.1, 0.15) is 13.3 Å². The molecule has 14 heavy (non-hydrogen) atoms. The number of thioether (sulfide) groups is 1. The topological polar surface area (TPSA) is 38.5 Å². The highest BCUT2D eigenvalue weighted by molar-refractivity contribution is 7.98. The highest BCUT2D eigenvalue weighted by Gasteiger charge is 2.22. The van der Waals surface area contributed by atoms with Crippen molar-refractivity contribution >= 4 is 11.8 Å². The largest absolute Gasteiger partial charge is 0.376 e. The Morgan fingerprint density at radius 1 is 1.64 bits per heavy atom. The summed E-state index contributed by atoms with van der Waals surface area (Å²) >= 11 is 1.90. The van der Waals surface area contributed by atoms with Gasteiger partial charge in [-0.25, -0.2) is 0 Å². The van der Waals surface area contributed by atoms with E-state index in [9.17, 15) is 0 Å². The van der Waals surface area contributed by atoms with Crippen molar-refractivity contribution in [3.8, 4) is 0 Å². The molecule has 0 aliphatic carbocycles. The van der Waals surface area contributed by atoms with Crippen LogP contribution in [-0.4, -0.2) is 55.3 Å². The van der Waals surface area contributed by atoms with E-state index in [1.807, 2.05) is 11.8 Å². The minimum atomic E-state index is 0.368. The molecule has 2 unspecified atom stereocenters. The van der Waals surface area contributed by atoms with Gasteiger partial charge in [-0.2, -0.15) is 11.8 Å². The standard InChI is InChI=1S/C10H22N2OS/c1-9-8-12(4-5-13-9)10(7-11)3-6-14-2/h9-10H,3-8,11H2,1-2H3. The number of hydrogen-bond acceptors (Lipinski definition) is 4. The van der Waals surface area contributed by atoms with Gasteiger partial charge in [-0.15, -0.1) is 0 Å². The molecule has 4 heteroatoms. The van der Waals surface area contributed by atoms with Gasteiger partial charge in [0.25, 0.3) is 0 Å². The zero-order valence-electron chi connectivity index (χ0n) is 9.24. The van der Waals surface area contributed by atoms with Crippen molar-refractivity contribution in [3.05, 3.63) is 0 Å². The van der Waals surface area contributed by atoms with Crippen LogP contribution < -0.4 is 5.73 Å². The first-order chi connectivity index (χ1) is 6.77. The van der Waals surface area contributed by atoms with Crippen molar-refractivity contribution in [2.24, 2.45) is 5.73 Å². The van der Waals surface area contributed by atoms with Gasteiger partial charge in [-0.3, -0.25) is 4.90 Å². The minimum absolute atomic E-state index is 0.368. The van der Waals surface area contributed by atoms with Crippen LogP contribution in [0.5, 0.6) is 0 Å². The van der Waals surface area contributed by atoms with Crippen molar-refractivity contribution in [2.45, 2.75) is 25.5 Å². The molecule has 0 aromatic carbocycles. The highest BCUT2D eigenvalue weighted by Crippen LogP contribution is 2.12. The summed E-state index contributed by atoms with van der Waals surface area (Å²) in [5, 5.41) is 0. The van der Waals surface area contributed by atoms with Crippen LogP contribution in [0, 0.1) is 0 Å². The molecule has 1 saturated heterocycles. The Kier molecular flexibility index (Phi) is 5.86. The minimum Gasteiger partial charge on any atom is -0.376 e. The molecule has 84 valence electrons. The second kappa shape index (κ2) is 6.67. The summed E-state index contributed by atoms with van der Waals surface area (Å²) in [6.45, 7) is 5.84. The predicted octanol–water partition coefficient (Wildman–Crippen LogP) is 0.787. The van der Waals surface area contributed by atoms with Gasteiger partial charge < -0.3 is 10.5 Å². The molecular formula is C10H22N2OS. The fourth-order valence-electron chi connectivity index (χ4n) is 1.88. The SMILES string of the molecule is CSCCC(CN)N1CCOC(C)C1. The Morgan fingerprint density at radius 3 is 3.00 bits per heavy atom. The van der Waals surface area contributed by atoms with Crippen LogP contribution in [0.15, 0.2) is 0 Å². The van der Waals surface area contributed by atoms with Crippen LogP contribution in [0.4, 0.5) is 0 Å². The molecular weight excluding hydrogens is 196 g/mol. The number of nitrogens with zero attached hydrogens (tertiary/aromatic N) is 1. The summed E-state index contributed by atoms with van der Waals surface area (Å²) in [6.07, 6.45) is 3.71. The van der Waals surface area contributed by atoms with Crippen LogP contribution in [-0.2, 0) is 4.74 Å². The molecule has 0 radical (unpaired) electrons. The first-order valence-electron chi connectivity index (χ1n) is 5.32. The van der Waals surface area contributed by atoms with E-state index in [4.69, 9.17) is 10.5 Å². The molecule has 0 saturated carbocycles. The van der Waals surface area contributed by atoms with E-state index < -0.39 is 0 Å². The molecule has 0 amide bonds. The summed E-state index contributed by atoms with van der Waals surface area (Å²) in [7, 11) is 0. The van der Waals surface area contributed by atoms with Crippen LogP contribution >= 0.6 is 11.8 Å². The quantitative estimate of drug-likeness (QED) is 0.740.